The van der Waals surface area contributed by atoms with Crippen molar-refractivity contribution in [3.63, 3.8) is 0 Å². The molecule has 1 aromatic heterocycles. The Morgan fingerprint density at radius 2 is 1.85 bits per heavy atom. The van der Waals surface area contributed by atoms with Gasteiger partial charge in [-0.05, 0) is 43.5 Å². The third kappa shape index (κ3) is 4.56. The van der Waals surface area contributed by atoms with Gasteiger partial charge in [-0.25, -0.2) is 9.97 Å². The number of carbonyl (C=O) groups is 1. The van der Waals surface area contributed by atoms with E-state index in [0.29, 0.717) is 18.2 Å². The fourth-order valence-electron chi connectivity index (χ4n) is 3.32. The molecule has 1 N–H and O–H groups in total. The summed E-state index contributed by atoms with van der Waals surface area (Å²) in [5.74, 6) is 0.514. The molecule has 1 saturated heterocycles. The van der Waals surface area contributed by atoms with E-state index in [1.807, 2.05) is 0 Å². The first-order valence-corrected chi connectivity index (χ1v) is 9.77. The maximum absolute atomic E-state index is 12.2. The Kier molecular flexibility index (Phi) is 6.27. The van der Waals surface area contributed by atoms with Gasteiger partial charge in [-0.1, -0.05) is 25.5 Å². The molecule has 0 radical (unpaired) electrons. The van der Waals surface area contributed by atoms with E-state index in [4.69, 9.17) is 0 Å². The Morgan fingerprint density at radius 3 is 2.59 bits per heavy atom. The van der Waals surface area contributed by atoms with Crippen LogP contribution in [0.25, 0.3) is 0 Å². The van der Waals surface area contributed by atoms with Gasteiger partial charge in [0.15, 0.2) is 0 Å². The number of hydrogen-bond donors (Lipinski definition) is 1. The van der Waals surface area contributed by atoms with Gasteiger partial charge in [0.2, 0.25) is 5.95 Å². The number of aromatic nitrogens is 2. The van der Waals surface area contributed by atoms with Gasteiger partial charge in [-0.3, -0.25) is 4.79 Å². The molecule has 0 unspecified atom stereocenters. The van der Waals surface area contributed by atoms with Crippen molar-refractivity contribution in [2.24, 2.45) is 0 Å². The molecular weight excluding hydrogens is 338 g/mol. The van der Waals surface area contributed by atoms with Crippen LogP contribution in [-0.2, 0) is 0 Å². The Hall–Kier alpha value is -2.63. The summed E-state index contributed by atoms with van der Waals surface area (Å²) in [6, 6.07) is 8.14. The van der Waals surface area contributed by atoms with Gasteiger partial charge in [-0.2, -0.15) is 0 Å². The van der Waals surface area contributed by atoms with Crippen LogP contribution in [0.5, 0.6) is 0 Å². The number of aryl methyl sites for hydroxylation is 1. The van der Waals surface area contributed by atoms with Crippen molar-refractivity contribution < 1.29 is 4.79 Å². The van der Waals surface area contributed by atoms with E-state index in [-0.39, 0.29) is 5.91 Å². The lowest BCUT2D eigenvalue weighted by Gasteiger charge is -2.37. The molecule has 1 aliphatic heterocycles. The molecule has 0 aliphatic carbocycles. The SMILES string of the molecule is CCCCNC(=O)c1ccnc(N2CCN(c3cccc(C)c3C)CC2)n1. The molecule has 2 heterocycles. The van der Waals surface area contributed by atoms with Gasteiger partial charge >= 0.3 is 0 Å². The zero-order valence-corrected chi connectivity index (χ0v) is 16.5. The smallest absolute Gasteiger partial charge is 0.270 e. The molecule has 27 heavy (non-hydrogen) atoms. The van der Waals surface area contributed by atoms with Crippen molar-refractivity contribution in [1.82, 2.24) is 15.3 Å². The third-order valence-corrected chi connectivity index (χ3v) is 5.17. The fourth-order valence-corrected chi connectivity index (χ4v) is 3.32. The summed E-state index contributed by atoms with van der Waals surface area (Å²) in [6.07, 6.45) is 3.71. The number of nitrogens with zero attached hydrogens (tertiary/aromatic N) is 4. The number of piperazine rings is 1. The van der Waals surface area contributed by atoms with Crippen LogP contribution in [0.15, 0.2) is 30.5 Å². The first kappa shape index (κ1) is 19.1. The van der Waals surface area contributed by atoms with E-state index < -0.39 is 0 Å². The largest absolute Gasteiger partial charge is 0.368 e. The number of hydrogen-bond acceptors (Lipinski definition) is 5. The van der Waals surface area contributed by atoms with E-state index in [0.717, 1.165) is 39.0 Å². The van der Waals surface area contributed by atoms with Gasteiger partial charge in [0, 0.05) is 44.6 Å². The first-order valence-electron chi connectivity index (χ1n) is 9.77. The Balaban J connectivity index is 1.63. The summed E-state index contributed by atoms with van der Waals surface area (Å²) >= 11 is 0. The van der Waals surface area contributed by atoms with Crippen LogP contribution in [0.2, 0.25) is 0 Å². The van der Waals surface area contributed by atoms with E-state index in [1.165, 1.54) is 16.8 Å². The number of amides is 1. The van der Waals surface area contributed by atoms with E-state index >= 15 is 0 Å². The van der Waals surface area contributed by atoms with E-state index in [2.05, 4.69) is 64.1 Å². The van der Waals surface area contributed by atoms with Crippen molar-refractivity contribution in [2.45, 2.75) is 33.6 Å². The second-order valence-corrected chi connectivity index (χ2v) is 7.04. The van der Waals surface area contributed by atoms with Crippen molar-refractivity contribution in [2.75, 3.05) is 42.5 Å². The summed E-state index contributed by atoms with van der Waals surface area (Å²) in [7, 11) is 0. The highest BCUT2D eigenvalue weighted by molar-refractivity contribution is 5.92. The molecule has 144 valence electrons. The fraction of sp³-hybridized carbons (Fsp3) is 0.476. The topological polar surface area (TPSA) is 61.4 Å². The first-order chi connectivity index (χ1) is 13.1. The lowest BCUT2D eigenvalue weighted by Crippen LogP contribution is -2.47. The molecule has 6 nitrogen and oxygen atoms in total. The van der Waals surface area contributed by atoms with Crippen molar-refractivity contribution in [3.05, 3.63) is 47.3 Å². The van der Waals surface area contributed by atoms with E-state index in [9.17, 15) is 4.79 Å². The van der Waals surface area contributed by atoms with Gasteiger partial charge in [0.25, 0.3) is 5.91 Å². The lowest BCUT2D eigenvalue weighted by molar-refractivity contribution is 0.0948. The summed E-state index contributed by atoms with van der Waals surface area (Å²) < 4.78 is 0. The normalized spacial score (nSPS) is 14.3. The molecule has 1 fully saturated rings. The average Bonchev–Trinajstić information content (AvgIpc) is 2.70. The molecule has 0 atom stereocenters. The second-order valence-electron chi connectivity index (χ2n) is 7.04. The van der Waals surface area contributed by atoms with Crippen LogP contribution in [0.3, 0.4) is 0 Å². The number of benzene rings is 1. The van der Waals surface area contributed by atoms with Crippen LogP contribution in [0.1, 0.15) is 41.4 Å². The Morgan fingerprint density at radius 1 is 1.11 bits per heavy atom. The van der Waals surface area contributed by atoms with Crippen LogP contribution >= 0.6 is 0 Å². The minimum absolute atomic E-state index is 0.124. The summed E-state index contributed by atoms with van der Waals surface area (Å²) in [5, 5.41) is 2.91. The quantitative estimate of drug-likeness (QED) is 0.796. The minimum atomic E-state index is -0.124. The monoisotopic (exact) mass is 367 g/mol. The zero-order chi connectivity index (χ0) is 19.2. The van der Waals surface area contributed by atoms with Crippen molar-refractivity contribution >= 4 is 17.5 Å². The van der Waals surface area contributed by atoms with Crippen molar-refractivity contribution in [3.8, 4) is 0 Å². The van der Waals surface area contributed by atoms with Crippen LogP contribution in [0.4, 0.5) is 11.6 Å². The maximum Gasteiger partial charge on any atom is 0.270 e. The highest BCUT2D eigenvalue weighted by Crippen LogP contribution is 2.24. The highest BCUT2D eigenvalue weighted by atomic mass is 16.1. The predicted octanol–water partition coefficient (Wildman–Crippen LogP) is 2.95. The number of carbonyl (C=O) groups excluding carboxylic acids is 1. The molecule has 0 saturated carbocycles. The molecule has 1 aliphatic rings. The zero-order valence-electron chi connectivity index (χ0n) is 16.5. The number of anilines is 2. The minimum Gasteiger partial charge on any atom is -0.368 e. The molecule has 0 spiro atoms. The molecule has 6 heteroatoms. The van der Waals surface area contributed by atoms with E-state index in [1.54, 1.807) is 12.3 Å². The molecule has 1 aromatic carbocycles. The molecule has 1 amide bonds. The molecular formula is C21H29N5O. The number of unbranched alkanes of at least 4 members (excludes halogenated alkanes) is 1. The summed E-state index contributed by atoms with van der Waals surface area (Å²) in [6.45, 7) is 10.6. The predicted molar refractivity (Wildman–Crippen MR) is 110 cm³/mol. The van der Waals surface area contributed by atoms with Gasteiger partial charge in [0.05, 0.1) is 0 Å². The van der Waals surface area contributed by atoms with Gasteiger partial charge in [0.1, 0.15) is 5.69 Å². The standard InChI is InChI=1S/C21H29N5O/c1-4-5-10-22-20(27)18-9-11-23-21(24-18)26-14-12-25(13-15-26)19-8-6-7-16(2)17(19)3/h6-9,11H,4-5,10,12-15H2,1-3H3,(H,22,27). The van der Waals surface area contributed by atoms with Crippen molar-refractivity contribution in [1.29, 1.82) is 0 Å². The average molecular weight is 367 g/mol. The lowest BCUT2D eigenvalue weighted by atomic mass is 10.1. The second kappa shape index (κ2) is 8.84. The summed E-state index contributed by atoms with van der Waals surface area (Å²) in [5.41, 5.74) is 4.40. The maximum atomic E-state index is 12.2. The molecule has 0 bridgehead atoms. The molecule has 2 aromatic rings. The summed E-state index contributed by atoms with van der Waals surface area (Å²) in [4.78, 5) is 25.7. The number of nitrogens with one attached hydrogen (secondary N) is 1. The highest BCUT2D eigenvalue weighted by Gasteiger charge is 2.21. The van der Waals surface area contributed by atoms with Crippen LogP contribution < -0.4 is 15.1 Å². The Bertz CT molecular complexity index is 784. The Labute approximate surface area is 161 Å². The number of rotatable bonds is 6. The third-order valence-electron chi connectivity index (χ3n) is 5.17. The van der Waals surface area contributed by atoms with Gasteiger partial charge < -0.3 is 15.1 Å². The molecule has 3 rings (SSSR count). The van der Waals surface area contributed by atoms with Crippen LogP contribution in [-0.4, -0.2) is 48.6 Å². The van der Waals surface area contributed by atoms with Gasteiger partial charge in [-0.15, -0.1) is 0 Å². The van der Waals surface area contributed by atoms with Crippen LogP contribution in [0, 0.1) is 13.8 Å².